The van der Waals surface area contributed by atoms with Crippen molar-refractivity contribution in [3.8, 4) is 0 Å². The molecule has 12 heavy (non-hydrogen) atoms. The van der Waals surface area contributed by atoms with Crippen molar-refractivity contribution in [1.82, 2.24) is 4.90 Å². The SMILES string of the molecule is CN1CCC2(C(C)(F)F)CC2C1. The van der Waals surface area contributed by atoms with Gasteiger partial charge in [-0.25, -0.2) is 8.78 Å². The quantitative estimate of drug-likeness (QED) is 0.589. The lowest BCUT2D eigenvalue weighted by atomic mass is 9.89. The predicted molar refractivity (Wildman–Crippen MR) is 43.3 cm³/mol. The first-order chi connectivity index (χ1) is 5.46. The highest BCUT2D eigenvalue weighted by molar-refractivity contribution is 5.12. The molecular weight excluding hydrogens is 160 g/mol. The molecule has 1 nitrogen and oxygen atoms in total. The van der Waals surface area contributed by atoms with Gasteiger partial charge in [-0.05, 0) is 39.3 Å². The minimum absolute atomic E-state index is 0.260. The fraction of sp³-hybridized carbons (Fsp3) is 1.00. The Bertz CT molecular complexity index is 199. The minimum Gasteiger partial charge on any atom is -0.306 e. The zero-order chi connectivity index (χ0) is 8.98. The summed E-state index contributed by atoms with van der Waals surface area (Å²) in [5.74, 6) is -2.20. The molecule has 2 fully saturated rings. The Hall–Kier alpha value is -0.180. The number of fused-ring (bicyclic) bond motifs is 1. The Kier molecular flexibility index (Phi) is 1.54. The maximum atomic E-state index is 13.1. The number of likely N-dealkylation sites (tertiary alicyclic amines) is 1. The van der Waals surface area contributed by atoms with Gasteiger partial charge >= 0.3 is 0 Å². The predicted octanol–water partition coefficient (Wildman–Crippen LogP) is 1.98. The van der Waals surface area contributed by atoms with Crippen LogP contribution in [-0.2, 0) is 0 Å². The number of alkyl halides is 2. The maximum absolute atomic E-state index is 13.1. The van der Waals surface area contributed by atoms with Crippen molar-refractivity contribution in [1.29, 1.82) is 0 Å². The van der Waals surface area contributed by atoms with Crippen LogP contribution in [0.3, 0.4) is 0 Å². The highest BCUT2D eigenvalue weighted by Gasteiger charge is 2.67. The Morgan fingerprint density at radius 2 is 2.17 bits per heavy atom. The van der Waals surface area contributed by atoms with Crippen LogP contribution < -0.4 is 0 Å². The largest absolute Gasteiger partial charge is 0.306 e. The number of halogens is 2. The van der Waals surface area contributed by atoms with Crippen molar-refractivity contribution >= 4 is 0 Å². The van der Waals surface area contributed by atoms with Crippen molar-refractivity contribution < 1.29 is 8.78 Å². The average Bonchev–Trinajstić information content (AvgIpc) is 2.60. The normalized spacial score (nSPS) is 42.5. The Morgan fingerprint density at radius 1 is 1.50 bits per heavy atom. The highest BCUT2D eigenvalue weighted by Crippen LogP contribution is 2.65. The van der Waals surface area contributed by atoms with Gasteiger partial charge in [0, 0.05) is 12.0 Å². The molecule has 0 N–H and O–H groups in total. The molecular formula is C9H15F2N. The van der Waals surface area contributed by atoms with E-state index in [1.165, 1.54) is 0 Å². The molecule has 2 rings (SSSR count). The molecule has 0 amide bonds. The number of rotatable bonds is 1. The van der Waals surface area contributed by atoms with Gasteiger partial charge in [-0.1, -0.05) is 0 Å². The number of hydrogen-bond donors (Lipinski definition) is 0. The highest BCUT2D eigenvalue weighted by atomic mass is 19.3. The van der Waals surface area contributed by atoms with E-state index in [9.17, 15) is 8.78 Å². The fourth-order valence-electron chi connectivity index (χ4n) is 2.54. The second-order valence-electron chi connectivity index (χ2n) is 4.46. The van der Waals surface area contributed by atoms with Gasteiger partial charge in [-0.3, -0.25) is 0 Å². The summed E-state index contributed by atoms with van der Waals surface area (Å²) < 4.78 is 26.3. The van der Waals surface area contributed by atoms with E-state index >= 15 is 0 Å². The van der Waals surface area contributed by atoms with Crippen LogP contribution in [0.5, 0.6) is 0 Å². The summed E-state index contributed by atoms with van der Waals surface area (Å²) >= 11 is 0. The summed E-state index contributed by atoms with van der Waals surface area (Å²) in [4.78, 5) is 2.15. The van der Waals surface area contributed by atoms with E-state index in [-0.39, 0.29) is 5.92 Å². The first kappa shape index (κ1) is 8.42. The lowest BCUT2D eigenvalue weighted by Gasteiger charge is -2.32. The second kappa shape index (κ2) is 2.19. The van der Waals surface area contributed by atoms with Crippen LogP contribution in [0.15, 0.2) is 0 Å². The third-order valence-electron chi connectivity index (χ3n) is 3.58. The first-order valence-electron chi connectivity index (χ1n) is 4.52. The summed E-state index contributed by atoms with van der Waals surface area (Å²) in [7, 11) is 2.01. The maximum Gasteiger partial charge on any atom is 0.251 e. The molecule has 1 saturated heterocycles. The molecule has 1 saturated carbocycles. The van der Waals surface area contributed by atoms with Gasteiger partial charge in [0.25, 0.3) is 5.92 Å². The van der Waals surface area contributed by atoms with Crippen LogP contribution in [0.1, 0.15) is 19.8 Å². The van der Waals surface area contributed by atoms with Gasteiger partial charge in [-0.15, -0.1) is 0 Å². The average molecular weight is 175 g/mol. The summed E-state index contributed by atoms with van der Waals surface area (Å²) in [6.45, 7) is 2.78. The first-order valence-corrected chi connectivity index (χ1v) is 4.52. The molecule has 0 spiro atoms. The molecule has 0 aromatic rings. The van der Waals surface area contributed by atoms with E-state index in [0.717, 1.165) is 26.4 Å². The number of nitrogens with zero attached hydrogens (tertiary/aromatic N) is 1. The standard InChI is InChI=1S/C9H15F2N/c1-8(10,11)9-3-4-12(2)6-7(9)5-9/h7H,3-6H2,1-2H3. The molecule has 0 bridgehead atoms. The van der Waals surface area contributed by atoms with Crippen LogP contribution in [0.2, 0.25) is 0 Å². The molecule has 0 aromatic carbocycles. The second-order valence-corrected chi connectivity index (χ2v) is 4.46. The van der Waals surface area contributed by atoms with Gasteiger partial charge in [-0.2, -0.15) is 0 Å². The summed E-state index contributed by atoms with van der Waals surface area (Å²) in [6.07, 6.45) is 1.42. The van der Waals surface area contributed by atoms with Gasteiger partial charge in [0.15, 0.2) is 0 Å². The smallest absolute Gasteiger partial charge is 0.251 e. The molecule has 2 aliphatic rings. The molecule has 0 aromatic heterocycles. The monoisotopic (exact) mass is 175 g/mol. The van der Waals surface area contributed by atoms with Crippen LogP contribution in [0.25, 0.3) is 0 Å². The van der Waals surface area contributed by atoms with E-state index in [0.29, 0.717) is 6.42 Å². The minimum atomic E-state index is -2.46. The molecule has 2 atom stereocenters. The zero-order valence-electron chi connectivity index (χ0n) is 7.61. The van der Waals surface area contributed by atoms with Crippen LogP contribution in [0.4, 0.5) is 8.78 Å². The third kappa shape index (κ3) is 0.987. The summed E-state index contributed by atoms with van der Waals surface area (Å²) in [5, 5.41) is 0. The van der Waals surface area contributed by atoms with Crippen LogP contribution in [0, 0.1) is 11.3 Å². The zero-order valence-corrected chi connectivity index (χ0v) is 7.61. The van der Waals surface area contributed by atoms with Crippen molar-refractivity contribution in [2.75, 3.05) is 20.1 Å². The van der Waals surface area contributed by atoms with E-state index < -0.39 is 11.3 Å². The summed E-state index contributed by atoms with van der Waals surface area (Å²) in [5.41, 5.74) is -0.612. The number of piperidine rings is 1. The summed E-state index contributed by atoms with van der Waals surface area (Å²) in [6, 6.07) is 0. The van der Waals surface area contributed by atoms with Crippen molar-refractivity contribution in [2.24, 2.45) is 11.3 Å². The van der Waals surface area contributed by atoms with E-state index in [2.05, 4.69) is 4.90 Å². The van der Waals surface area contributed by atoms with Crippen molar-refractivity contribution in [2.45, 2.75) is 25.7 Å². The van der Waals surface area contributed by atoms with Gasteiger partial charge in [0.05, 0.1) is 0 Å². The molecule has 3 heteroatoms. The van der Waals surface area contributed by atoms with E-state index in [1.807, 2.05) is 7.05 Å². The fourth-order valence-corrected chi connectivity index (χ4v) is 2.54. The van der Waals surface area contributed by atoms with E-state index in [1.54, 1.807) is 0 Å². The molecule has 1 aliphatic carbocycles. The van der Waals surface area contributed by atoms with Crippen LogP contribution in [-0.4, -0.2) is 31.0 Å². The molecule has 70 valence electrons. The molecule has 1 aliphatic heterocycles. The Labute approximate surface area is 71.7 Å². The molecule has 0 radical (unpaired) electrons. The Morgan fingerprint density at radius 3 is 2.67 bits per heavy atom. The molecule has 1 heterocycles. The molecule has 2 unspecified atom stereocenters. The van der Waals surface area contributed by atoms with E-state index in [4.69, 9.17) is 0 Å². The Balaban J connectivity index is 2.10. The third-order valence-corrected chi connectivity index (χ3v) is 3.58. The van der Waals surface area contributed by atoms with Crippen molar-refractivity contribution in [3.63, 3.8) is 0 Å². The van der Waals surface area contributed by atoms with Gasteiger partial charge < -0.3 is 4.90 Å². The number of hydrogen-bond acceptors (Lipinski definition) is 1. The lowest BCUT2D eigenvalue weighted by Crippen LogP contribution is -2.39. The lowest BCUT2D eigenvalue weighted by molar-refractivity contribution is -0.0773. The van der Waals surface area contributed by atoms with Crippen molar-refractivity contribution in [3.05, 3.63) is 0 Å². The van der Waals surface area contributed by atoms with Gasteiger partial charge in [0.1, 0.15) is 0 Å². The van der Waals surface area contributed by atoms with Gasteiger partial charge in [0.2, 0.25) is 0 Å². The van der Waals surface area contributed by atoms with Crippen LogP contribution >= 0.6 is 0 Å². The topological polar surface area (TPSA) is 3.24 Å².